The standard InChI is InChI=1S/C19H19ClN4O2/c1-12-13(20)6-5-8-14(12)23-19(26)11-24-16-9-4-3-7-15(16)22-17(24)10-18(25)21-2/h3-9H,10-11H2,1-2H3,(H,21,25)(H,23,26). The molecule has 2 amide bonds. The molecule has 1 heterocycles. The number of halogens is 1. The smallest absolute Gasteiger partial charge is 0.244 e. The maximum atomic E-state index is 12.6. The van der Waals surface area contributed by atoms with Crippen molar-refractivity contribution in [1.82, 2.24) is 14.9 Å². The van der Waals surface area contributed by atoms with Gasteiger partial charge in [-0.15, -0.1) is 0 Å². The van der Waals surface area contributed by atoms with Crippen LogP contribution in [0.5, 0.6) is 0 Å². The summed E-state index contributed by atoms with van der Waals surface area (Å²) in [5.74, 6) is 0.174. The van der Waals surface area contributed by atoms with E-state index in [2.05, 4.69) is 15.6 Å². The van der Waals surface area contributed by atoms with Crippen molar-refractivity contribution in [3.8, 4) is 0 Å². The van der Waals surface area contributed by atoms with Gasteiger partial charge in [0.15, 0.2) is 0 Å². The van der Waals surface area contributed by atoms with E-state index in [0.717, 1.165) is 16.6 Å². The molecule has 0 bridgehead atoms. The molecule has 0 spiro atoms. The van der Waals surface area contributed by atoms with Crippen molar-refractivity contribution < 1.29 is 9.59 Å². The molecular formula is C19H19ClN4O2. The Labute approximate surface area is 156 Å². The van der Waals surface area contributed by atoms with Gasteiger partial charge >= 0.3 is 0 Å². The van der Waals surface area contributed by atoms with Crippen LogP contribution in [0.2, 0.25) is 5.02 Å². The van der Waals surface area contributed by atoms with Gasteiger partial charge in [-0.25, -0.2) is 4.98 Å². The van der Waals surface area contributed by atoms with Gasteiger partial charge in [-0.3, -0.25) is 9.59 Å². The van der Waals surface area contributed by atoms with Crippen LogP contribution in [0.25, 0.3) is 11.0 Å². The number of hydrogen-bond acceptors (Lipinski definition) is 3. The minimum Gasteiger partial charge on any atom is -0.359 e. The average Bonchev–Trinajstić information content (AvgIpc) is 2.96. The van der Waals surface area contributed by atoms with E-state index in [9.17, 15) is 9.59 Å². The second-order valence-corrected chi connectivity index (χ2v) is 6.32. The predicted octanol–water partition coefficient (Wildman–Crippen LogP) is 2.93. The van der Waals surface area contributed by atoms with Crippen LogP contribution < -0.4 is 10.6 Å². The maximum Gasteiger partial charge on any atom is 0.244 e. The fraction of sp³-hybridized carbons (Fsp3) is 0.211. The second kappa shape index (κ2) is 7.58. The first-order valence-corrected chi connectivity index (χ1v) is 8.57. The number of fused-ring (bicyclic) bond motifs is 1. The molecule has 0 radical (unpaired) electrons. The fourth-order valence-corrected chi connectivity index (χ4v) is 2.92. The van der Waals surface area contributed by atoms with E-state index in [1.165, 1.54) is 0 Å². The number of nitrogens with one attached hydrogen (secondary N) is 2. The number of anilines is 1. The molecule has 0 aliphatic heterocycles. The Morgan fingerprint density at radius 3 is 2.65 bits per heavy atom. The molecule has 26 heavy (non-hydrogen) atoms. The third-order valence-corrected chi connectivity index (χ3v) is 4.58. The van der Waals surface area contributed by atoms with Gasteiger partial charge in [-0.1, -0.05) is 29.8 Å². The Kier molecular flexibility index (Phi) is 5.23. The van der Waals surface area contributed by atoms with Crippen molar-refractivity contribution in [2.45, 2.75) is 19.9 Å². The van der Waals surface area contributed by atoms with E-state index in [-0.39, 0.29) is 24.8 Å². The summed E-state index contributed by atoms with van der Waals surface area (Å²) in [4.78, 5) is 28.9. The van der Waals surface area contributed by atoms with Gasteiger partial charge < -0.3 is 15.2 Å². The topological polar surface area (TPSA) is 76.0 Å². The molecule has 1 aromatic heterocycles. The first-order valence-electron chi connectivity index (χ1n) is 8.19. The Bertz CT molecular complexity index is 981. The van der Waals surface area contributed by atoms with Gasteiger partial charge in [0.2, 0.25) is 11.8 Å². The first kappa shape index (κ1) is 17.9. The zero-order chi connectivity index (χ0) is 18.7. The molecule has 6 nitrogen and oxygen atoms in total. The third-order valence-electron chi connectivity index (χ3n) is 4.17. The molecular weight excluding hydrogens is 352 g/mol. The van der Waals surface area contributed by atoms with Crippen LogP contribution in [-0.2, 0) is 22.6 Å². The predicted molar refractivity (Wildman–Crippen MR) is 102 cm³/mol. The van der Waals surface area contributed by atoms with Crippen molar-refractivity contribution in [2.75, 3.05) is 12.4 Å². The fourth-order valence-electron chi connectivity index (χ4n) is 2.74. The normalized spacial score (nSPS) is 10.7. The minimum absolute atomic E-state index is 0.0544. The number of benzene rings is 2. The third kappa shape index (κ3) is 3.70. The number of carbonyl (C=O) groups excluding carboxylic acids is 2. The molecule has 7 heteroatoms. The Balaban J connectivity index is 1.89. The van der Waals surface area contributed by atoms with Crippen LogP contribution in [0.1, 0.15) is 11.4 Å². The summed E-state index contributed by atoms with van der Waals surface area (Å²) in [6, 6.07) is 12.9. The van der Waals surface area contributed by atoms with Gasteiger partial charge in [0.1, 0.15) is 12.4 Å². The molecule has 0 atom stereocenters. The number of para-hydroxylation sites is 2. The number of rotatable bonds is 5. The molecule has 0 aliphatic carbocycles. The lowest BCUT2D eigenvalue weighted by Gasteiger charge is -2.12. The van der Waals surface area contributed by atoms with Crippen molar-refractivity contribution >= 4 is 40.1 Å². The van der Waals surface area contributed by atoms with Crippen LogP contribution >= 0.6 is 11.6 Å². The van der Waals surface area contributed by atoms with E-state index in [1.807, 2.05) is 31.2 Å². The highest BCUT2D eigenvalue weighted by atomic mass is 35.5. The van der Waals surface area contributed by atoms with Gasteiger partial charge in [0.05, 0.1) is 17.5 Å². The summed E-state index contributed by atoms with van der Waals surface area (Å²) in [6.45, 7) is 1.90. The first-order chi connectivity index (χ1) is 12.5. The maximum absolute atomic E-state index is 12.6. The monoisotopic (exact) mass is 370 g/mol. The molecule has 0 fully saturated rings. The highest BCUT2D eigenvalue weighted by molar-refractivity contribution is 6.31. The highest BCUT2D eigenvalue weighted by Crippen LogP contribution is 2.23. The van der Waals surface area contributed by atoms with Gasteiger partial charge in [0.25, 0.3) is 0 Å². The lowest BCUT2D eigenvalue weighted by Crippen LogP contribution is -2.25. The molecule has 3 rings (SSSR count). The number of likely N-dealkylation sites (N-methyl/N-ethyl adjacent to an activating group) is 1. The SMILES string of the molecule is CNC(=O)Cc1nc2ccccc2n1CC(=O)Nc1cccc(Cl)c1C. The van der Waals surface area contributed by atoms with Crippen LogP contribution in [0, 0.1) is 6.92 Å². The lowest BCUT2D eigenvalue weighted by atomic mass is 10.2. The number of carbonyl (C=O) groups is 2. The quantitative estimate of drug-likeness (QED) is 0.725. The number of aromatic nitrogens is 2. The van der Waals surface area contributed by atoms with E-state index in [4.69, 9.17) is 11.6 Å². The summed E-state index contributed by atoms with van der Waals surface area (Å²) in [7, 11) is 1.57. The summed E-state index contributed by atoms with van der Waals surface area (Å²) in [5.41, 5.74) is 3.03. The number of nitrogens with zero attached hydrogens (tertiary/aromatic N) is 2. The van der Waals surface area contributed by atoms with E-state index < -0.39 is 0 Å². The van der Waals surface area contributed by atoms with Gasteiger partial charge in [0, 0.05) is 17.8 Å². The largest absolute Gasteiger partial charge is 0.359 e. The zero-order valence-electron chi connectivity index (χ0n) is 14.5. The molecule has 0 unspecified atom stereocenters. The molecule has 134 valence electrons. The molecule has 3 aromatic rings. The van der Waals surface area contributed by atoms with Crippen LogP contribution in [0.15, 0.2) is 42.5 Å². The molecule has 0 saturated heterocycles. The number of hydrogen-bond donors (Lipinski definition) is 2. The molecule has 2 N–H and O–H groups in total. The van der Waals surface area contributed by atoms with Crippen molar-refractivity contribution in [1.29, 1.82) is 0 Å². The zero-order valence-corrected chi connectivity index (χ0v) is 15.3. The summed E-state index contributed by atoms with van der Waals surface area (Å²) in [6.07, 6.45) is 0.106. The van der Waals surface area contributed by atoms with Crippen LogP contribution in [0.3, 0.4) is 0 Å². The van der Waals surface area contributed by atoms with E-state index >= 15 is 0 Å². The Hall–Kier alpha value is -2.86. The van der Waals surface area contributed by atoms with Crippen LogP contribution in [-0.4, -0.2) is 28.4 Å². The van der Waals surface area contributed by atoms with Crippen molar-refractivity contribution in [3.63, 3.8) is 0 Å². The number of amides is 2. The molecule has 2 aromatic carbocycles. The summed E-state index contributed by atoms with van der Waals surface area (Å²) in [5, 5.41) is 6.05. The van der Waals surface area contributed by atoms with Gasteiger partial charge in [-0.05, 0) is 36.8 Å². The van der Waals surface area contributed by atoms with E-state index in [1.54, 1.807) is 29.8 Å². The van der Waals surface area contributed by atoms with Gasteiger partial charge in [-0.2, -0.15) is 0 Å². The summed E-state index contributed by atoms with van der Waals surface area (Å²) < 4.78 is 1.76. The highest BCUT2D eigenvalue weighted by Gasteiger charge is 2.16. The lowest BCUT2D eigenvalue weighted by molar-refractivity contribution is -0.120. The minimum atomic E-state index is -0.211. The molecule has 0 aliphatic rings. The Morgan fingerprint density at radius 2 is 1.88 bits per heavy atom. The van der Waals surface area contributed by atoms with Crippen molar-refractivity contribution in [2.24, 2.45) is 0 Å². The number of imidazole rings is 1. The summed E-state index contributed by atoms with van der Waals surface area (Å²) >= 11 is 6.11. The second-order valence-electron chi connectivity index (χ2n) is 5.91. The van der Waals surface area contributed by atoms with Crippen LogP contribution in [0.4, 0.5) is 5.69 Å². The Morgan fingerprint density at radius 1 is 1.12 bits per heavy atom. The molecule has 0 saturated carbocycles. The van der Waals surface area contributed by atoms with E-state index in [0.29, 0.717) is 16.5 Å². The average molecular weight is 371 g/mol. The van der Waals surface area contributed by atoms with Crippen molar-refractivity contribution in [3.05, 3.63) is 58.9 Å².